The highest BCUT2D eigenvalue weighted by atomic mass is 32.1. The lowest BCUT2D eigenvalue weighted by Crippen LogP contribution is -2.26. The average Bonchev–Trinajstić information content (AvgIpc) is 3.12. The number of thiophene rings is 1. The lowest BCUT2D eigenvalue weighted by atomic mass is 10.2. The molecule has 2 aromatic heterocycles. The van der Waals surface area contributed by atoms with Crippen LogP contribution in [0.1, 0.15) is 33.5 Å². The molecule has 0 atom stereocenters. The van der Waals surface area contributed by atoms with Crippen molar-refractivity contribution in [2.24, 2.45) is 5.73 Å². The van der Waals surface area contributed by atoms with Gasteiger partial charge in [-0.05, 0) is 12.1 Å². The molecule has 0 saturated carbocycles. The van der Waals surface area contributed by atoms with E-state index in [-0.39, 0.29) is 5.91 Å². The van der Waals surface area contributed by atoms with Gasteiger partial charge in [-0.2, -0.15) is 0 Å². The average molecular weight is 302 g/mol. The van der Waals surface area contributed by atoms with Gasteiger partial charge in [-0.1, -0.05) is 18.8 Å². The lowest BCUT2D eigenvalue weighted by molar-refractivity contribution is 0.0784. The lowest BCUT2D eigenvalue weighted by Gasteiger charge is -2.15. The Bertz CT molecular complexity index is 676. The minimum absolute atomic E-state index is 0.0245. The third kappa shape index (κ3) is 3.75. The molecule has 2 aromatic rings. The molecule has 5 heteroatoms. The number of hydrogen-bond donors (Lipinski definition) is 1. The van der Waals surface area contributed by atoms with Crippen LogP contribution in [0.2, 0.25) is 0 Å². The number of nitrogens with zero attached hydrogens (tertiary/aromatic N) is 1. The van der Waals surface area contributed by atoms with Crippen LogP contribution in [0.5, 0.6) is 0 Å². The Morgan fingerprint density at radius 1 is 1.52 bits per heavy atom. The van der Waals surface area contributed by atoms with E-state index in [1.54, 1.807) is 35.6 Å². The molecule has 2 heterocycles. The Morgan fingerprint density at radius 2 is 2.33 bits per heavy atom. The zero-order valence-corrected chi connectivity index (χ0v) is 13.0. The summed E-state index contributed by atoms with van der Waals surface area (Å²) in [5, 5.41) is 1.98. The Labute approximate surface area is 128 Å². The second-order valence-corrected chi connectivity index (χ2v) is 5.58. The highest BCUT2D eigenvalue weighted by molar-refractivity contribution is 7.10. The van der Waals surface area contributed by atoms with Gasteiger partial charge in [0.25, 0.3) is 5.91 Å². The normalized spacial score (nSPS) is 10.0. The summed E-state index contributed by atoms with van der Waals surface area (Å²) in [5.41, 5.74) is 6.94. The maximum Gasteiger partial charge on any atom is 0.257 e. The standard InChI is InChI=1S/C16H18N2O2S/c1-3-15-14(6-8-20-15)16(19)18(2)10-13-9-12(11-21-13)5-4-7-17/h6,8-9,11H,3,7,10,17H2,1-2H3. The van der Waals surface area contributed by atoms with Crippen molar-refractivity contribution >= 4 is 17.2 Å². The Hall–Kier alpha value is -2.03. The number of aryl methyl sites for hydroxylation is 1. The number of rotatable bonds is 4. The zero-order chi connectivity index (χ0) is 15.2. The smallest absolute Gasteiger partial charge is 0.257 e. The van der Waals surface area contributed by atoms with E-state index in [0.717, 1.165) is 16.2 Å². The van der Waals surface area contributed by atoms with Gasteiger partial charge in [0.15, 0.2) is 0 Å². The summed E-state index contributed by atoms with van der Waals surface area (Å²) in [6.07, 6.45) is 2.27. The van der Waals surface area contributed by atoms with Crippen molar-refractivity contribution in [1.29, 1.82) is 0 Å². The first-order valence-corrected chi connectivity index (χ1v) is 7.61. The number of furan rings is 1. The molecule has 0 aromatic carbocycles. The Balaban J connectivity index is 2.05. The van der Waals surface area contributed by atoms with Crippen LogP contribution in [-0.2, 0) is 13.0 Å². The van der Waals surface area contributed by atoms with Gasteiger partial charge in [-0.3, -0.25) is 4.79 Å². The number of carbonyl (C=O) groups is 1. The highest BCUT2D eigenvalue weighted by Crippen LogP contribution is 2.18. The van der Waals surface area contributed by atoms with Crippen LogP contribution >= 0.6 is 11.3 Å². The molecule has 0 unspecified atom stereocenters. The van der Waals surface area contributed by atoms with Crippen molar-refractivity contribution in [1.82, 2.24) is 4.90 Å². The van der Waals surface area contributed by atoms with Gasteiger partial charge in [0.1, 0.15) is 5.76 Å². The molecule has 2 N–H and O–H groups in total. The predicted molar refractivity (Wildman–Crippen MR) is 84.1 cm³/mol. The van der Waals surface area contributed by atoms with E-state index < -0.39 is 0 Å². The van der Waals surface area contributed by atoms with E-state index in [1.165, 1.54) is 0 Å². The summed E-state index contributed by atoms with van der Waals surface area (Å²) in [6.45, 7) is 2.88. The van der Waals surface area contributed by atoms with Gasteiger partial charge in [0.2, 0.25) is 0 Å². The molecule has 0 spiro atoms. The summed E-state index contributed by atoms with van der Waals surface area (Å²) in [4.78, 5) is 15.2. The van der Waals surface area contributed by atoms with Crippen molar-refractivity contribution in [2.75, 3.05) is 13.6 Å². The quantitative estimate of drug-likeness (QED) is 0.883. The molecule has 0 saturated heterocycles. The topological polar surface area (TPSA) is 59.5 Å². The first kappa shape index (κ1) is 15.4. The summed E-state index contributed by atoms with van der Waals surface area (Å²) in [6, 6.07) is 3.72. The SMILES string of the molecule is CCc1occc1C(=O)N(C)Cc1cc(C#CCN)cs1. The van der Waals surface area contributed by atoms with Gasteiger partial charge in [0, 0.05) is 29.3 Å². The van der Waals surface area contributed by atoms with Crippen molar-refractivity contribution in [2.45, 2.75) is 19.9 Å². The second kappa shape index (κ2) is 7.11. The molecule has 0 fully saturated rings. The van der Waals surface area contributed by atoms with Gasteiger partial charge in [-0.15, -0.1) is 11.3 Å². The van der Waals surface area contributed by atoms with E-state index in [9.17, 15) is 4.79 Å². The molecule has 0 radical (unpaired) electrons. The van der Waals surface area contributed by atoms with E-state index in [2.05, 4.69) is 11.8 Å². The van der Waals surface area contributed by atoms with Gasteiger partial charge < -0.3 is 15.1 Å². The molecule has 0 aliphatic heterocycles. The minimum Gasteiger partial charge on any atom is -0.469 e. The maximum absolute atomic E-state index is 12.4. The van der Waals surface area contributed by atoms with Crippen LogP contribution in [0.15, 0.2) is 28.2 Å². The first-order valence-electron chi connectivity index (χ1n) is 6.73. The fraction of sp³-hybridized carbons (Fsp3) is 0.312. The first-order chi connectivity index (χ1) is 10.2. The highest BCUT2D eigenvalue weighted by Gasteiger charge is 2.18. The molecule has 110 valence electrons. The van der Waals surface area contributed by atoms with Crippen molar-refractivity contribution in [3.05, 3.63) is 45.5 Å². The van der Waals surface area contributed by atoms with E-state index in [0.29, 0.717) is 25.1 Å². The van der Waals surface area contributed by atoms with Crippen LogP contribution < -0.4 is 5.73 Å². The molecule has 1 amide bonds. The predicted octanol–water partition coefficient (Wildman–Crippen LogP) is 2.49. The zero-order valence-electron chi connectivity index (χ0n) is 12.2. The molecular weight excluding hydrogens is 284 g/mol. The van der Waals surface area contributed by atoms with Crippen LogP contribution in [-0.4, -0.2) is 24.4 Å². The third-order valence-corrected chi connectivity index (χ3v) is 3.95. The molecule has 4 nitrogen and oxygen atoms in total. The molecule has 21 heavy (non-hydrogen) atoms. The van der Waals surface area contributed by atoms with Crippen LogP contribution in [0.3, 0.4) is 0 Å². The fourth-order valence-electron chi connectivity index (χ4n) is 2.00. The van der Waals surface area contributed by atoms with E-state index in [1.807, 2.05) is 18.4 Å². The van der Waals surface area contributed by atoms with Crippen molar-refractivity contribution < 1.29 is 9.21 Å². The molecule has 2 rings (SSSR count). The fourth-order valence-corrected chi connectivity index (χ4v) is 2.87. The third-order valence-electron chi connectivity index (χ3n) is 3.03. The maximum atomic E-state index is 12.4. The number of nitrogens with two attached hydrogens (primary N) is 1. The van der Waals surface area contributed by atoms with Crippen LogP contribution in [0.4, 0.5) is 0 Å². The van der Waals surface area contributed by atoms with Gasteiger partial charge in [0.05, 0.1) is 24.9 Å². The number of carbonyl (C=O) groups excluding carboxylic acids is 1. The molecule has 0 bridgehead atoms. The monoisotopic (exact) mass is 302 g/mol. The number of amides is 1. The molecule has 0 aliphatic carbocycles. The summed E-state index contributed by atoms with van der Waals surface area (Å²) in [7, 11) is 1.79. The molecular formula is C16H18N2O2S. The summed E-state index contributed by atoms with van der Waals surface area (Å²) in [5.74, 6) is 6.52. The van der Waals surface area contributed by atoms with Gasteiger partial charge >= 0.3 is 0 Å². The van der Waals surface area contributed by atoms with Crippen molar-refractivity contribution in [3.8, 4) is 11.8 Å². The van der Waals surface area contributed by atoms with Crippen LogP contribution in [0.25, 0.3) is 0 Å². The van der Waals surface area contributed by atoms with Crippen molar-refractivity contribution in [3.63, 3.8) is 0 Å². The van der Waals surface area contributed by atoms with Crippen LogP contribution in [0, 0.1) is 11.8 Å². The van der Waals surface area contributed by atoms with E-state index >= 15 is 0 Å². The minimum atomic E-state index is -0.0245. The summed E-state index contributed by atoms with van der Waals surface area (Å²) < 4.78 is 5.31. The van der Waals surface area contributed by atoms with Gasteiger partial charge in [-0.25, -0.2) is 0 Å². The Kier molecular flexibility index (Phi) is 5.20. The second-order valence-electron chi connectivity index (χ2n) is 4.58. The Morgan fingerprint density at radius 3 is 3.05 bits per heavy atom. The van der Waals surface area contributed by atoms with E-state index in [4.69, 9.17) is 10.2 Å². The summed E-state index contributed by atoms with van der Waals surface area (Å²) >= 11 is 1.59. The number of hydrogen-bond acceptors (Lipinski definition) is 4. The molecule has 0 aliphatic rings. The largest absolute Gasteiger partial charge is 0.469 e.